The largest absolute Gasteiger partial charge is 0.396 e. The molecule has 0 atom stereocenters. The fraction of sp³-hybridized carbons (Fsp3) is 0.364. The number of benzene rings is 1. The molecule has 2 N–H and O–H groups in total. The third kappa shape index (κ3) is 3.79. The van der Waals surface area contributed by atoms with Gasteiger partial charge in [0.15, 0.2) is 0 Å². The Kier molecular flexibility index (Phi) is 5.22. The zero-order chi connectivity index (χ0) is 12.0. The summed E-state index contributed by atoms with van der Waals surface area (Å²) in [6.07, 6.45) is 0.397. The van der Waals surface area contributed by atoms with Crippen molar-refractivity contribution in [2.45, 2.75) is 12.8 Å². The van der Waals surface area contributed by atoms with Crippen molar-refractivity contribution < 1.29 is 14.3 Å². The van der Waals surface area contributed by atoms with Crippen LogP contribution < -0.4 is 5.32 Å². The maximum atomic E-state index is 13.3. The molecule has 0 saturated heterocycles. The Hall–Kier alpha value is -1.13. The lowest BCUT2D eigenvalue weighted by Crippen LogP contribution is -2.27. The Bertz CT molecular complexity index is 351. The highest BCUT2D eigenvalue weighted by Crippen LogP contribution is 2.19. The van der Waals surface area contributed by atoms with Crippen LogP contribution in [-0.4, -0.2) is 24.2 Å². The van der Waals surface area contributed by atoms with Gasteiger partial charge in [-0.3, -0.25) is 4.79 Å². The van der Waals surface area contributed by atoms with Crippen LogP contribution in [0.25, 0.3) is 0 Å². The van der Waals surface area contributed by atoms with Crippen LogP contribution >= 0.6 is 11.6 Å². The summed E-state index contributed by atoms with van der Waals surface area (Å²) in [7, 11) is 0. The minimum absolute atomic E-state index is 0.0146. The van der Waals surface area contributed by atoms with Crippen molar-refractivity contribution in [1.82, 2.24) is 5.32 Å². The number of hydrogen-bond donors (Lipinski definition) is 2. The predicted octanol–water partition coefficient (Wildman–Crippen LogP) is 1.52. The van der Waals surface area contributed by atoms with Crippen LogP contribution in [-0.2, 0) is 11.2 Å². The fourth-order valence-corrected chi connectivity index (χ4v) is 1.46. The molecule has 5 heteroatoms. The second-order valence-corrected chi connectivity index (χ2v) is 3.71. The minimum atomic E-state index is -0.482. The molecule has 1 aromatic rings. The third-order valence-electron chi connectivity index (χ3n) is 2.06. The summed E-state index contributed by atoms with van der Waals surface area (Å²) in [5.74, 6) is -0.787. The van der Waals surface area contributed by atoms with Crippen molar-refractivity contribution in [2.75, 3.05) is 13.2 Å². The lowest BCUT2D eigenvalue weighted by Gasteiger charge is -2.06. The van der Waals surface area contributed by atoms with E-state index in [1.165, 1.54) is 12.1 Å². The molecule has 0 spiro atoms. The van der Waals surface area contributed by atoms with Crippen LogP contribution in [0.2, 0.25) is 5.02 Å². The van der Waals surface area contributed by atoms with E-state index >= 15 is 0 Å². The maximum Gasteiger partial charge on any atom is 0.224 e. The number of rotatable bonds is 5. The van der Waals surface area contributed by atoms with E-state index in [-0.39, 0.29) is 29.5 Å². The zero-order valence-electron chi connectivity index (χ0n) is 8.67. The van der Waals surface area contributed by atoms with Crippen molar-refractivity contribution >= 4 is 17.5 Å². The number of carbonyl (C=O) groups is 1. The number of aliphatic hydroxyl groups excluding tert-OH is 1. The monoisotopic (exact) mass is 245 g/mol. The number of amides is 1. The van der Waals surface area contributed by atoms with Crippen molar-refractivity contribution in [1.29, 1.82) is 0 Å². The average molecular weight is 246 g/mol. The zero-order valence-corrected chi connectivity index (χ0v) is 9.43. The molecular weight excluding hydrogens is 233 g/mol. The Morgan fingerprint density at radius 3 is 2.88 bits per heavy atom. The van der Waals surface area contributed by atoms with E-state index in [2.05, 4.69) is 5.32 Å². The van der Waals surface area contributed by atoms with Crippen LogP contribution in [0.1, 0.15) is 12.0 Å². The fourth-order valence-electron chi connectivity index (χ4n) is 1.23. The summed E-state index contributed by atoms with van der Waals surface area (Å²) < 4.78 is 13.3. The van der Waals surface area contributed by atoms with Crippen LogP contribution in [0.3, 0.4) is 0 Å². The molecule has 0 saturated carbocycles. The highest BCUT2D eigenvalue weighted by molar-refractivity contribution is 6.31. The van der Waals surface area contributed by atoms with Crippen LogP contribution in [0, 0.1) is 5.82 Å². The molecule has 0 radical (unpaired) electrons. The molecule has 0 aliphatic heterocycles. The Morgan fingerprint density at radius 2 is 2.25 bits per heavy atom. The Morgan fingerprint density at radius 1 is 1.50 bits per heavy atom. The van der Waals surface area contributed by atoms with Crippen molar-refractivity contribution in [3.63, 3.8) is 0 Å². The molecule has 0 heterocycles. The SMILES string of the molecule is O=C(Cc1c(F)cccc1Cl)NCCCO. The molecule has 0 aliphatic carbocycles. The maximum absolute atomic E-state index is 13.3. The van der Waals surface area contributed by atoms with Gasteiger partial charge in [0.1, 0.15) is 5.82 Å². The molecule has 88 valence electrons. The molecule has 16 heavy (non-hydrogen) atoms. The third-order valence-corrected chi connectivity index (χ3v) is 2.41. The van der Waals surface area contributed by atoms with Gasteiger partial charge in [0, 0.05) is 23.7 Å². The summed E-state index contributed by atoms with van der Waals surface area (Å²) in [5.41, 5.74) is 0.200. The van der Waals surface area contributed by atoms with E-state index in [1.54, 1.807) is 6.07 Å². The van der Waals surface area contributed by atoms with E-state index < -0.39 is 5.82 Å². The van der Waals surface area contributed by atoms with Gasteiger partial charge in [0.05, 0.1) is 6.42 Å². The van der Waals surface area contributed by atoms with Gasteiger partial charge < -0.3 is 10.4 Å². The summed E-state index contributed by atoms with van der Waals surface area (Å²) in [4.78, 5) is 11.4. The summed E-state index contributed by atoms with van der Waals surface area (Å²) in [6, 6.07) is 4.30. The van der Waals surface area contributed by atoms with Crippen molar-refractivity contribution in [3.05, 3.63) is 34.6 Å². The highest BCUT2D eigenvalue weighted by Gasteiger charge is 2.11. The lowest BCUT2D eigenvalue weighted by molar-refractivity contribution is -0.120. The first-order chi connectivity index (χ1) is 7.65. The van der Waals surface area contributed by atoms with E-state index in [4.69, 9.17) is 16.7 Å². The smallest absolute Gasteiger partial charge is 0.224 e. The van der Waals surface area contributed by atoms with E-state index in [9.17, 15) is 9.18 Å². The summed E-state index contributed by atoms with van der Waals surface area (Å²) >= 11 is 5.77. The first kappa shape index (κ1) is 12.9. The summed E-state index contributed by atoms with van der Waals surface area (Å²) in [5, 5.41) is 11.3. The molecule has 0 bridgehead atoms. The van der Waals surface area contributed by atoms with Crippen molar-refractivity contribution in [2.24, 2.45) is 0 Å². The highest BCUT2D eigenvalue weighted by atomic mass is 35.5. The molecular formula is C11H13ClFNO2. The normalized spacial score (nSPS) is 10.2. The van der Waals surface area contributed by atoms with Crippen molar-refractivity contribution in [3.8, 4) is 0 Å². The van der Waals surface area contributed by atoms with Gasteiger partial charge >= 0.3 is 0 Å². The van der Waals surface area contributed by atoms with Crippen LogP contribution in [0.5, 0.6) is 0 Å². The molecule has 1 aromatic carbocycles. The van der Waals surface area contributed by atoms with Gasteiger partial charge in [-0.2, -0.15) is 0 Å². The van der Waals surface area contributed by atoms with Gasteiger partial charge in [-0.25, -0.2) is 4.39 Å². The van der Waals surface area contributed by atoms with E-state index in [0.717, 1.165) is 0 Å². The number of halogens is 2. The molecule has 3 nitrogen and oxygen atoms in total. The van der Waals surface area contributed by atoms with Gasteiger partial charge in [-0.1, -0.05) is 17.7 Å². The van der Waals surface area contributed by atoms with Gasteiger partial charge in [-0.05, 0) is 18.6 Å². The molecule has 0 aromatic heterocycles. The van der Waals surface area contributed by atoms with Gasteiger partial charge in [-0.15, -0.1) is 0 Å². The second-order valence-electron chi connectivity index (χ2n) is 3.30. The molecule has 1 rings (SSSR count). The van der Waals surface area contributed by atoms with Gasteiger partial charge in [0.25, 0.3) is 0 Å². The Balaban J connectivity index is 2.56. The molecule has 0 unspecified atom stereocenters. The number of nitrogens with one attached hydrogen (secondary N) is 1. The Labute approximate surface area is 98.2 Å². The van der Waals surface area contributed by atoms with E-state index in [1.807, 2.05) is 0 Å². The second kappa shape index (κ2) is 6.45. The molecule has 0 fully saturated rings. The number of carbonyl (C=O) groups excluding carboxylic acids is 1. The average Bonchev–Trinajstić information content (AvgIpc) is 2.24. The predicted molar refractivity (Wildman–Crippen MR) is 59.8 cm³/mol. The quantitative estimate of drug-likeness (QED) is 0.773. The van der Waals surface area contributed by atoms with Crippen LogP contribution in [0.4, 0.5) is 4.39 Å². The first-order valence-electron chi connectivity index (χ1n) is 4.95. The van der Waals surface area contributed by atoms with Crippen LogP contribution in [0.15, 0.2) is 18.2 Å². The first-order valence-corrected chi connectivity index (χ1v) is 5.33. The molecule has 0 aliphatic rings. The standard InChI is InChI=1S/C11H13ClFNO2/c12-9-3-1-4-10(13)8(9)7-11(16)14-5-2-6-15/h1,3-4,15H,2,5-7H2,(H,14,16). The van der Waals surface area contributed by atoms with Gasteiger partial charge in [0.2, 0.25) is 5.91 Å². The number of hydrogen-bond acceptors (Lipinski definition) is 2. The topological polar surface area (TPSA) is 49.3 Å². The summed E-state index contributed by atoms with van der Waals surface area (Å²) in [6.45, 7) is 0.391. The minimum Gasteiger partial charge on any atom is -0.396 e. The van der Waals surface area contributed by atoms with E-state index in [0.29, 0.717) is 13.0 Å². The number of aliphatic hydroxyl groups is 1. The lowest BCUT2D eigenvalue weighted by atomic mass is 10.1. The molecule has 1 amide bonds.